The number of esters is 1. The highest BCUT2D eigenvalue weighted by Crippen LogP contribution is 2.29. The van der Waals surface area contributed by atoms with Crippen molar-refractivity contribution >= 4 is 17.0 Å². The van der Waals surface area contributed by atoms with E-state index >= 15 is 0 Å². The number of H-pyrrole nitrogens is 1. The molecule has 1 fully saturated rings. The average molecular weight is 306 g/mol. The number of piperidine rings is 1. The number of pyridine rings is 1. The molecule has 0 saturated carbocycles. The summed E-state index contributed by atoms with van der Waals surface area (Å²) in [5.41, 5.74) is -0.0421. The Bertz CT molecular complexity index is 758. The first-order chi connectivity index (χ1) is 10.6. The molecule has 3 heterocycles. The number of nitrogens with one attached hydrogen (secondary N) is 2. The molecule has 0 aliphatic carbocycles. The van der Waals surface area contributed by atoms with E-state index in [0.717, 1.165) is 32.0 Å². The molecule has 3 rings (SSSR count). The molecule has 8 heteroatoms. The first-order valence-corrected chi connectivity index (χ1v) is 7.34. The van der Waals surface area contributed by atoms with E-state index in [9.17, 15) is 14.7 Å². The SMILES string of the molecule is CCOC(=O)c1nn(C2CCNCC2)c2[nH]c(=O)cc(O)c12. The summed E-state index contributed by atoms with van der Waals surface area (Å²) < 4.78 is 6.62. The zero-order chi connectivity index (χ0) is 15.7. The van der Waals surface area contributed by atoms with Crippen molar-refractivity contribution in [3.8, 4) is 5.75 Å². The number of aromatic amines is 1. The zero-order valence-corrected chi connectivity index (χ0v) is 12.3. The largest absolute Gasteiger partial charge is 0.507 e. The maximum Gasteiger partial charge on any atom is 0.359 e. The van der Waals surface area contributed by atoms with Gasteiger partial charge in [0.1, 0.15) is 11.4 Å². The third-order valence-electron chi connectivity index (χ3n) is 3.80. The number of carbonyl (C=O) groups excluding carboxylic acids is 1. The lowest BCUT2D eigenvalue weighted by molar-refractivity contribution is 0.0520. The molecule has 1 saturated heterocycles. The smallest absolute Gasteiger partial charge is 0.359 e. The van der Waals surface area contributed by atoms with Gasteiger partial charge in [0.2, 0.25) is 0 Å². The minimum absolute atomic E-state index is 0.0316. The van der Waals surface area contributed by atoms with Gasteiger partial charge in [-0.1, -0.05) is 0 Å². The van der Waals surface area contributed by atoms with Crippen LogP contribution in [0.4, 0.5) is 0 Å². The van der Waals surface area contributed by atoms with Crippen molar-refractivity contribution in [2.75, 3.05) is 19.7 Å². The van der Waals surface area contributed by atoms with E-state index in [2.05, 4.69) is 15.4 Å². The van der Waals surface area contributed by atoms with Gasteiger partial charge in [-0.25, -0.2) is 9.48 Å². The second-order valence-electron chi connectivity index (χ2n) is 5.24. The molecular formula is C14H18N4O4. The van der Waals surface area contributed by atoms with E-state index < -0.39 is 11.5 Å². The number of hydrogen-bond acceptors (Lipinski definition) is 6. The summed E-state index contributed by atoms with van der Waals surface area (Å²) in [4.78, 5) is 26.4. The van der Waals surface area contributed by atoms with Crippen molar-refractivity contribution in [1.82, 2.24) is 20.1 Å². The fourth-order valence-electron chi connectivity index (χ4n) is 2.80. The highest BCUT2D eigenvalue weighted by molar-refractivity contribution is 6.03. The summed E-state index contributed by atoms with van der Waals surface area (Å²) in [5.74, 6) is -0.871. The molecule has 0 amide bonds. The number of carbonyl (C=O) groups is 1. The van der Waals surface area contributed by atoms with Crippen LogP contribution in [0.3, 0.4) is 0 Å². The molecule has 22 heavy (non-hydrogen) atoms. The van der Waals surface area contributed by atoms with Gasteiger partial charge in [0, 0.05) is 6.07 Å². The van der Waals surface area contributed by atoms with E-state index in [-0.39, 0.29) is 29.5 Å². The van der Waals surface area contributed by atoms with Crippen LogP contribution < -0.4 is 10.9 Å². The van der Waals surface area contributed by atoms with Crippen LogP contribution in [-0.2, 0) is 4.74 Å². The quantitative estimate of drug-likeness (QED) is 0.714. The molecule has 3 N–H and O–H groups in total. The predicted octanol–water partition coefficient (Wildman–Crippen LogP) is 0.531. The van der Waals surface area contributed by atoms with Crippen LogP contribution in [0.2, 0.25) is 0 Å². The Hall–Kier alpha value is -2.35. The van der Waals surface area contributed by atoms with Crippen LogP contribution in [0, 0.1) is 0 Å². The lowest BCUT2D eigenvalue weighted by Crippen LogP contribution is -2.30. The maximum absolute atomic E-state index is 12.1. The van der Waals surface area contributed by atoms with E-state index in [0.29, 0.717) is 5.65 Å². The van der Waals surface area contributed by atoms with Gasteiger partial charge in [-0.15, -0.1) is 0 Å². The van der Waals surface area contributed by atoms with Crippen LogP contribution in [0.1, 0.15) is 36.3 Å². The van der Waals surface area contributed by atoms with Crippen LogP contribution in [0.15, 0.2) is 10.9 Å². The Morgan fingerprint density at radius 2 is 2.23 bits per heavy atom. The summed E-state index contributed by atoms with van der Waals surface area (Å²) in [5, 5.41) is 17.9. The summed E-state index contributed by atoms with van der Waals surface area (Å²) in [6, 6.07) is 1.10. The highest BCUT2D eigenvalue weighted by Gasteiger charge is 2.26. The summed E-state index contributed by atoms with van der Waals surface area (Å²) >= 11 is 0. The Balaban J connectivity index is 2.19. The molecule has 1 aliphatic rings. The monoisotopic (exact) mass is 306 g/mol. The van der Waals surface area contributed by atoms with Gasteiger partial charge < -0.3 is 20.1 Å². The third kappa shape index (κ3) is 2.45. The van der Waals surface area contributed by atoms with Crippen LogP contribution in [0.25, 0.3) is 11.0 Å². The Morgan fingerprint density at radius 3 is 2.91 bits per heavy atom. The molecule has 0 atom stereocenters. The molecule has 118 valence electrons. The van der Waals surface area contributed by atoms with E-state index in [1.807, 2.05) is 0 Å². The highest BCUT2D eigenvalue weighted by atomic mass is 16.5. The average Bonchev–Trinajstić information content (AvgIpc) is 2.88. The molecule has 2 aromatic rings. The van der Waals surface area contributed by atoms with Gasteiger partial charge in [-0.3, -0.25) is 4.79 Å². The van der Waals surface area contributed by atoms with Gasteiger partial charge in [0.15, 0.2) is 5.69 Å². The molecule has 2 aromatic heterocycles. The molecule has 0 unspecified atom stereocenters. The summed E-state index contributed by atoms with van der Waals surface area (Å²) in [6.07, 6.45) is 1.66. The van der Waals surface area contributed by atoms with Gasteiger partial charge >= 0.3 is 5.97 Å². The Labute approximate surface area is 126 Å². The van der Waals surface area contributed by atoms with Crippen molar-refractivity contribution in [2.24, 2.45) is 0 Å². The lowest BCUT2D eigenvalue weighted by Gasteiger charge is -2.23. The lowest BCUT2D eigenvalue weighted by atomic mass is 10.1. The second kappa shape index (κ2) is 5.80. The minimum atomic E-state index is -0.609. The zero-order valence-electron chi connectivity index (χ0n) is 12.3. The van der Waals surface area contributed by atoms with Crippen LogP contribution >= 0.6 is 0 Å². The fourth-order valence-corrected chi connectivity index (χ4v) is 2.80. The number of ether oxygens (including phenoxy) is 1. The molecule has 0 radical (unpaired) electrons. The Kier molecular flexibility index (Phi) is 3.84. The van der Waals surface area contributed by atoms with Crippen molar-refractivity contribution in [3.05, 3.63) is 22.1 Å². The van der Waals surface area contributed by atoms with Gasteiger partial charge in [-0.2, -0.15) is 5.10 Å². The minimum Gasteiger partial charge on any atom is -0.507 e. The molecule has 8 nitrogen and oxygen atoms in total. The number of fused-ring (bicyclic) bond motifs is 1. The van der Waals surface area contributed by atoms with Crippen molar-refractivity contribution < 1.29 is 14.6 Å². The third-order valence-corrected chi connectivity index (χ3v) is 3.80. The number of hydrogen-bond donors (Lipinski definition) is 3. The normalized spacial score (nSPS) is 16.0. The first-order valence-electron chi connectivity index (χ1n) is 7.34. The van der Waals surface area contributed by atoms with Gasteiger partial charge in [-0.05, 0) is 32.9 Å². The Morgan fingerprint density at radius 1 is 1.50 bits per heavy atom. The van der Waals surface area contributed by atoms with E-state index in [1.54, 1.807) is 11.6 Å². The number of aromatic hydroxyl groups is 1. The van der Waals surface area contributed by atoms with Crippen LogP contribution in [0.5, 0.6) is 5.75 Å². The molecule has 0 spiro atoms. The van der Waals surface area contributed by atoms with Crippen molar-refractivity contribution in [3.63, 3.8) is 0 Å². The molecule has 0 bridgehead atoms. The molecule has 0 aromatic carbocycles. The maximum atomic E-state index is 12.1. The number of aromatic nitrogens is 3. The van der Waals surface area contributed by atoms with E-state index in [4.69, 9.17) is 4.74 Å². The van der Waals surface area contributed by atoms with E-state index in [1.165, 1.54) is 0 Å². The van der Waals surface area contributed by atoms with Gasteiger partial charge in [0.25, 0.3) is 5.56 Å². The van der Waals surface area contributed by atoms with Crippen molar-refractivity contribution in [1.29, 1.82) is 0 Å². The summed E-state index contributed by atoms with van der Waals surface area (Å²) in [6.45, 7) is 3.59. The standard InChI is InChI=1S/C14H18N4O4/c1-2-22-14(21)12-11-9(19)7-10(20)16-13(11)18(17-12)8-3-5-15-6-4-8/h7-8,15H,2-6H2,1H3,(H2,16,19,20). The fraction of sp³-hybridized carbons (Fsp3) is 0.500. The molecular weight excluding hydrogens is 288 g/mol. The van der Waals surface area contributed by atoms with Crippen molar-refractivity contribution in [2.45, 2.75) is 25.8 Å². The number of rotatable bonds is 3. The van der Waals surface area contributed by atoms with Gasteiger partial charge in [0.05, 0.1) is 18.0 Å². The number of nitrogens with zero attached hydrogens (tertiary/aromatic N) is 2. The molecule has 1 aliphatic heterocycles. The first kappa shape index (κ1) is 14.6. The summed E-state index contributed by atoms with van der Waals surface area (Å²) in [7, 11) is 0. The predicted molar refractivity (Wildman–Crippen MR) is 79.1 cm³/mol. The topological polar surface area (TPSA) is 109 Å². The second-order valence-corrected chi connectivity index (χ2v) is 5.24. The van der Waals surface area contributed by atoms with Crippen LogP contribution in [-0.4, -0.2) is 45.5 Å².